The largest absolute Gasteiger partial charge is 0.508 e. The van der Waals surface area contributed by atoms with E-state index >= 15 is 0 Å². The lowest BCUT2D eigenvalue weighted by atomic mass is 9.95. The van der Waals surface area contributed by atoms with Crippen molar-refractivity contribution >= 4 is 29.2 Å². The highest BCUT2D eigenvalue weighted by Gasteiger charge is 2.41. The molecule has 1 aromatic rings. The molecule has 2 saturated heterocycles. The molecule has 2 aliphatic rings. The van der Waals surface area contributed by atoms with Crippen molar-refractivity contribution in [3.05, 3.63) is 27.7 Å². The summed E-state index contributed by atoms with van der Waals surface area (Å²) in [6.07, 6.45) is 0.798. The average molecular weight is 287 g/mol. The SMILES string of the molecule is O=C1NC[C@@H]2C[C@H](c3c(O)ccc(Cl)c3Cl)CN12. The van der Waals surface area contributed by atoms with Crippen LogP contribution in [0.5, 0.6) is 5.75 Å². The van der Waals surface area contributed by atoms with E-state index in [2.05, 4.69) is 5.32 Å². The number of halogens is 2. The number of amides is 2. The number of aromatic hydroxyl groups is 1. The molecular weight excluding hydrogens is 275 g/mol. The lowest BCUT2D eigenvalue weighted by Crippen LogP contribution is -2.29. The molecule has 1 aromatic carbocycles. The topological polar surface area (TPSA) is 52.6 Å². The third-order valence-corrected chi connectivity index (χ3v) is 4.50. The van der Waals surface area contributed by atoms with Gasteiger partial charge in [-0.05, 0) is 18.6 Å². The van der Waals surface area contributed by atoms with E-state index in [1.807, 2.05) is 0 Å². The van der Waals surface area contributed by atoms with Crippen LogP contribution < -0.4 is 5.32 Å². The Morgan fingerprint density at radius 2 is 2.17 bits per heavy atom. The summed E-state index contributed by atoms with van der Waals surface area (Å²) >= 11 is 12.1. The van der Waals surface area contributed by atoms with Gasteiger partial charge in [-0.3, -0.25) is 0 Å². The lowest BCUT2D eigenvalue weighted by molar-refractivity contribution is 0.216. The van der Waals surface area contributed by atoms with Gasteiger partial charge in [0.05, 0.1) is 16.1 Å². The molecule has 2 fully saturated rings. The number of hydrogen-bond donors (Lipinski definition) is 2. The average Bonchev–Trinajstić information content (AvgIpc) is 2.88. The second-order valence-electron chi connectivity index (χ2n) is 4.72. The van der Waals surface area contributed by atoms with Gasteiger partial charge < -0.3 is 15.3 Å². The standard InChI is InChI=1S/C12H12Cl2N2O2/c13-8-1-2-9(17)10(11(8)14)6-3-7-4-15-12(18)16(7)5-6/h1-2,6-7,17H,3-5H2,(H,15,18)/t6-,7-/m0/s1. The summed E-state index contributed by atoms with van der Waals surface area (Å²) < 4.78 is 0. The Morgan fingerprint density at radius 1 is 1.39 bits per heavy atom. The zero-order valence-corrected chi connectivity index (χ0v) is 11.0. The molecule has 2 amide bonds. The Bertz CT molecular complexity index is 521. The number of hydrogen-bond acceptors (Lipinski definition) is 2. The van der Waals surface area contributed by atoms with Crippen LogP contribution in [0.3, 0.4) is 0 Å². The number of nitrogens with zero attached hydrogens (tertiary/aromatic N) is 1. The van der Waals surface area contributed by atoms with Crippen molar-refractivity contribution in [2.45, 2.75) is 18.4 Å². The Hall–Kier alpha value is -1.13. The summed E-state index contributed by atoms with van der Waals surface area (Å²) in [5.41, 5.74) is 0.659. The normalized spacial score (nSPS) is 26.3. The molecule has 2 aliphatic heterocycles. The zero-order valence-electron chi connectivity index (χ0n) is 9.49. The van der Waals surface area contributed by atoms with Crippen LogP contribution in [0.15, 0.2) is 12.1 Å². The zero-order chi connectivity index (χ0) is 12.9. The molecular formula is C12H12Cl2N2O2. The van der Waals surface area contributed by atoms with Crippen molar-refractivity contribution in [1.29, 1.82) is 0 Å². The fourth-order valence-corrected chi connectivity index (χ4v) is 3.30. The number of carbonyl (C=O) groups is 1. The minimum Gasteiger partial charge on any atom is -0.508 e. The monoisotopic (exact) mass is 286 g/mol. The van der Waals surface area contributed by atoms with Gasteiger partial charge in [-0.25, -0.2) is 4.79 Å². The Labute approximate surface area is 114 Å². The van der Waals surface area contributed by atoms with Gasteiger partial charge in [0.1, 0.15) is 5.75 Å². The van der Waals surface area contributed by atoms with E-state index in [4.69, 9.17) is 23.2 Å². The molecule has 0 bridgehead atoms. The molecule has 0 radical (unpaired) electrons. The number of phenolic OH excluding ortho intramolecular Hbond substituents is 1. The van der Waals surface area contributed by atoms with Crippen molar-refractivity contribution in [2.24, 2.45) is 0 Å². The van der Waals surface area contributed by atoms with Crippen LogP contribution in [0.1, 0.15) is 17.9 Å². The minimum atomic E-state index is -0.0415. The molecule has 2 N–H and O–H groups in total. The highest BCUT2D eigenvalue weighted by atomic mass is 35.5. The molecule has 3 rings (SSSR count). The van der Waals surface area contributed by atoms with E-state index in [9.17, 15) is 9.90 Å². The van der Waals surface area contributed by atoms with Crippen molar-refractivity contribution in [1.82, 2.24) is 10.2 Å². The fraction of sp³-hybridized carbons (Fsp3) is 0.417. The number of nitrogens with one attached hydrogen (secondary N) is 1. The van der Waals surface area contributed by atoms with E-state index in [1.165, 1.54) is 0 Å². The van der Waals surface area contributed by atoms with Gasteiger partial charge in [-0.1, -0.05) is 23.2 Å². The van der Waals surface area contributed by atoms with Gasteiger partial charge in [0.2, 0.25) is 0 Å². The molecule has 0 spiro atoms. The molecule has 96 valence electrons. The maximum absolute atomic E-state index is 11.6. The second-order valence-corrected chi connectivity index (χ2v) is 5.50. The molecule has 0 unspecified atom stereocenters. The summed E-state index contributed by atoms with van der Waals surface area (Å²) in [6, 6.07) is 3.27. The highest BCUT2D eigenvalue weighted by molar-refractivity contribution is 6.42. The highest BCUT2D eigenvalue weighted by Crippen LogP contribution is 2.43. The Kier molecular flexibility index (Phi) is 2.79. The van der Waals surface area contributed by atoms with Gasteiger partial charge in [0.15, 0.2) is 0 Å². The molecule has 2 atom stereocenters. The van der Waals surface area contributed by atoms with Gasteiger partial charge in [-0.2, -0.15) is 0 Å². The summed E-state index contributed by atoms with van der Waals surface area (Å²) in [5.74, 6) is 0.197. The van der Waals surface area contributed by atoms with Crippen LogP contribution >= 0.6 is 23.2 Å². The van der Waals surface area contributed by atoms with Crippen LogP contribution in [0, 0.1) is 0 Å². The lowest BCUT2D eigenvalue weighted by Gasteiger charge is -2.16. The van der Waals surface area contributed by atoms with E-state index < -0.39 is 0 Å². The molecule has 0 aliphatic carbocycles. The maximum atomic E-state index is 11.6. The number of benzene rings is 1. The van der Waals surface area contributed by atoms with E-state index in [-0.39, 0.29) is 23.7 Å². The molecule has 2 heterocycles. The molecule has 4 nitrogen and oxygen atoms in total. The van der Waals surface area contributed by atoms with E-state index in [0.717, 1.165) is 6.42 Å². The van der Waals surface area contributed by atoms with Crippen molar-refractivity contribution in [3.63, 3.8) is 0 Å². The molecule has 6 heteroatoms. The summed E-state index contributed by atoms with van der Waals surface area (Å²) in [4.78, 5) is 13.4. The maximum Gasteiger partial charge on any atom is 0.317 e. The third-order valence-electron chi connectivity index (χ3n) is 3.68. The molecule has 0 saturated carbocycles. The first-order valence-electron chi connectivity index (χ1n) is 5.79. The first-order chi connectivity index (χ1) is 8.58. The minimum absolute atomic E-state index is 0.0415. The van der Waals surface area contributed by atoms with Gasteiger partial charge >= 0.3 is 6.03 Å². The molecule has 0 aromatic heterocycles. The third kappa shape index (κ3) is 1.71. The van der Waals surface area contributed by atoms with Crippen molar-refractivity contribution in [3.8, 4) is 5.75 Å². The molecule has 18 heavy (non-hydrogen) atoms. The number of rotatable bonds is 1. The number of phenols is 1. The van der Waals surface area contributed by atoms with Crippen molar-refractivity contribution in [2.75, 3.05) is 13.1 Å². The van der Waals surface area contributed by atoms with E-state index in [0.29, 0.717) is 28.7 Å². The van der Waals surface area contributed by atoms with Gasteiger partial charge in [-0.15, -0.1) is 0 Å². The first kappa shape index (κ1) is 11.9. The Morgan fingerprint density at radius 3 is 2.89 bits per heavy atom. The number of carbonyl (C=O) groups excluding carboxylic acids is 1. The Balaban J connectivity index is 1.94. The smallest absolute Gasteiger partial charge is 0.317 e. The second kappa shape index (κ2) is 4.21. The van der Waals surface area contributed by atoms with E-state index in [1.54, 1.807) is 17.0 Å². The summed E-state index contributed by atoms with van der Waals surface area (Å²) in [7, 11) is 0. The summed E-state index contributed by atoms with van der Waals surface area (Å²) in [6.45, 7) is 1.23. The van der Waals surface area contributed by atoms with Crippen LogP contribution in [-0.2, 0) is 0 Å². The summed E-state index contributed by atoms with van der Waals surface area (Å²) in [5, 5.41) is 13.6. The van der Waals surface area contributed by atoms with Gasteiger partial charge in [0, 0.05) is 24.6 Å². The predicted octanol–water partition coefficient (Wildman–Crippen LogP) is 2.58. The first-order valence-corrected chi connectivity index (χ1v) is 6.55. The number of urea groups is 1. The quantitative estimate of drug-likeness (QED) is 0.834. The van der Waals surface area contributed by atoms with Crippen LogP contribution in [0.25, 0.3) is 0 Å². The predicted molar refractivity (Wildman–Crippen MR) is 69.4 cm³/mol. The van der Waals surface area contributed by atoms with Crippen LogP contribution in [-0.4, -0.2) is 35.2 Å². The fourth-order valence-electron chi connectivity index (χ4n) is 2.82. The van der Waals surface area contributed by atoms with Crippen molar-refractivity contribution < 1.29 is 9.90 Å². The van der Waals surface area contributed by atoms with Crippen LogP contribution in [0.4, 0.5) is 4.79 Å². The van der Waals surface area contributed by atoms with Gasteiger partial charge in [0.25, 0.3) is 0 Å². The van der Waals surface area contributed by atoms with Crippen LogP contribution in [0.2, 0.25) is 10.0 Å². The number of fused-ring (bicyclic) bond motifs is 1.